The standard InChI is InChI=1S/C19H17N3O2/c1-12-6-8-14(9-7-12)21-18(23)15-10-16(15)19(24)22-17-5-3-2-4-13(17)11-20/h2-9,15-16H,10H2,1H3,(H,21,23)(H,22,24). The first-order chi connectivity index (χ1) is 11.6. The van der Waals surface area contributed by atoms with Crippen LogP contribution in [-0.4, -0.2) is 11.8 Å². The van der Waals surface area contributed by atoms with Gasteiger partial charge in [0.05, 0.1) is 23.1 Å². The number of rotatable bonds is 4. The van der Waals surface area contributed by atoms with Gasteiger partial charge in [-0.3, -0.25) is 9.59 Å². The van der Waals surface area contributed by atoms with Gasteiger partial charge >= 0.3 is 0 Å². The molecule has 24 heavy (non-hydrogen) atoms. The van der Waals surface area contributed by atoms with Crippen molar-refractivity contribution in [2.45, 2.75) is 13.3 Å². The highest BCUT2D eigenvalue weighted by atomic mass is 16.2. The quantitative estimate of drug-likeness (QED) is 0.908. The van der Waals surface area contributed by atoms with Gasteiger partial charge < -0.3 is 10.6 Å². The number of para-hydroxylation sites is 1. The number of anilines is 2. The maximum absolute atomic E-state index is 12.3. The molecule has 2 atom stereocenters. The zero-order chi connectivity index (χ0) is 17.1. The van der Waals surface area contributed by atoms with E-state index in [-0.39, 0.29) is 23.7 Å². The first-order valence-electron chi connectivity index (χ1n) is 7.76. The van der Waals surface area contributed by atoms with E-state index < -0.39 is 0 Å². The molecule has 0 aliphatic heterocycles. The first kappa shape index (κ1) is 15.8. The van der Waals surface area contributed by atoms with Gasteiger partial charge in [0.25, 0.3) is 0 Å². The predicted octanol–water partition coefficient (Wildman–Crippen LogP) is 3.08. The van der Waals surface area contributed by atoms with Gasteiger partial charge in [-0.25, -0.2) is 0 Å². The van der Waals surface area contributed by atoms with Crippen molar-refractivity contribution in [3.63, 3.8) is 0 Å². The molecule has 1 aliphatic rings. The van der Waals surface area contributed by atoms with Crippen molar-refractivity contribution in [1.82, 2.24) is 0 Å². The Kier molecular flexibility index (Phi) is 4.30. The number of benzene rings is 2. The molecular formula is C19H17N3O2. The topological polar surface area (TPSA) is 82.0 Å². The minimum atomic E-state index is -0.345. The monoisotopic (exact) mass is 319 g/mol. The van der Waals surface area contributed by atoms with Crippen LogP contribution in [0.3, 0.4) is 0 Å². The largest absolute Gasteiger partial charge is 0.326 e. The Labute approximate surface area is 140 Å². The van der Waals surface area contributed by atoms with Crippen LogP contribution >= 0.6 is 0 Å². The molecule has 0 radical (unpaired) electrons. The smallest absolute Gasteiger partial charge is 0.228 e. The molecule has 0 saturated heterocycles. The number of carbonyl (C=O) groups is 2. The molecule has 2 amide bonds. The lowest BCUT2D eigenvalue weighted by Crippen LogP contribution is -2.20. The highest BCUT2D eigenvalue weighted by Gasteiger charge is 2.48. The zero-order valence-electron chi connectivity index (χ0n) is 13.2. The van der Waals surface area contributed by atoms with Gasteiger partial charge in [-0.15, -0.1) is 0 Å². The zero-order valence-corrected chi connectivity index (χ0v) is 13.2. The van der Waals surface area contributed by atoms with Gasteiger partial charge in [0.2, 0.25) is 11.8 Å². The van der Waals surface area contributed by atoms with Crippen molar-refractivity contribution >= 4 is 23.2 Å². The van der Waals surface area contributed by atoms with Gasteiger partial charge in [0.1, 0.15) is 6.07 Å². The third-order valence-corrected chi connectivity index (χ3v) is 4.09. The summed E-state index contributed by atoms with van der Waals surface area (Å²) < 4.78 is 0. The molecule has 1 fully saturated rings. The van der Waals surface area contributed by atoms with Crippen LogP contribution in [0.2, 0.25) is 0 Å². The molecule has 1 saturated carbocycles. The normalized spacial score (nSPS) is 18.3. The Morgan fingerprint density at radius 1 is 1.00 bits per heavy atom. The minimum absolute atomic E-state index is 0.146. The SMILES string of the molecule is Cc1ccc(NC(=O)C2CC2C(=O)Nc2ccccc2C#N)cc1. The molecule has 5 nitrogen and oxygen atoms in total. The number of amides is 2. The second kappa shape index (κ2) is 6.55. The van der Waals surface area contributed by atoms with Crippen molar-refractivity contribution in [3.8, 4) is 6.07 Å². The Bertz CT molecular complexity index is 821. The Balaban J connectivity index is 1.58. The molecule has 120 valence electrons. The van der Waals surface area contributed by atoms with Crippen molar-refractivity contribution in [1.29, 1.82) is 5.26 Å². The van der Waals surface area contributed by atoms with Crippen LogP contribution in [0, 0.1) is 30.1 Å². The summed E-state index contributed by atoms with van der Waals surface area (Å²) >= 11 is 0. The van der Waals surface area contributed by atoms with Crippen LogP contribution in [0.1, 0.15) is 17.5 Å². The lowest BCUT2D eigenvalue weighted by atomic mass is 10.2. The van der Waals surface area contributed by atoms with E-state index in [4.69, 9.17) is 5.26 Å². The molecule has 0 heterocycles. The number of nitrogens with one attached hydrogen (secondary N) is 2. The maximum atomic E-state index is 12.3. The van der Waals surface area contributed by atoms with E-state index in [1.165, 1.54) is 0 Å². The number of nitrogens with zero attached hydrogens (tertiary/aromatic N) is 1. The van der Waals surface area contributed by atoms with Gasteiger partial charge in [-0.1, -0.05) is 29.8 Å². The van der Waals surface area contributed by atoms with E-state index in [1.807, 2.05) is 37.3 Å². The second-order valence-electron chi connectivity index (χ2n) is 5.95. The van der Waals surface area contributed by atoms with E-state index >= 15 is 0 Å². The van der Waals surface area contributed by atoms with Crippen molar-refractivity contribution in [2.24, 2.45) is 11.8 Å². The summed E-state index contributed by atoms with van der Waals surface area (Å²) in [7, 11) is 0. The van der Waals surface area contributed by atoms with Crippen molar-refractivity contribution in [3.05, 3.63) is 59.7 Å². The fourth-order valence-electron chi connectivity index (χ4n) is 2.56. The summed E-state index contributed by atoms with van der Waals surface area (Å²) in [6, 6.07) is 16.4. The third kappa shape index (κ3) is 3.44. The number of hydrogen-bond acceptors (Lipinski definition) is 3. The van der Waals surface area contributed by atoms with Crippen molar-refractivity contribution < 1.29 is 9.59 Å². The fraction of sp³-hybridized carbons (Fsp3) is 0.211. The summed E-state index contributed by atoms with van der Waals surface area (Å²) in [5.41, 5.74) is 2.74. The van der Waals surface area contributed by atoms with Crippen molar-refractivity contribution in [2.75, 3.05) is 10.6 Å². The summed E-state index contributed by atoms with van der Waals surface area (Å²) in [5, 5.41) is 14.6. The highest BCUT2D eigenvalue weighted by Crippen LogP contribution is 2.40. The van der Waals surface area contributed by atoms with Gasteiger partial charge in [0.15, 0.2) is 0 Å². The van der Waals surface area contributed by atoms with E-state index in [0.717, 1.165) is 11.3 Å². The number of nitriles is 1. The fourth-order valence-corrected chi connectivity index (χ4v) is 2.56. The minimum Gasteiger partial charge on any atom is -0.326 e. The molecular weight excluding hydrogens is 302 g/mol. The summed E-state index contributed by atoms with van der Waals surface area (Å²) in [6.45, 7) is 1.98. The van der Waals surface area contributed by atoms with Crippen LogP contribution < -0.4 is 10.6 Å². The van der Waals surface area contributed by atoms with E-state index in [1.54, 1.807) is 24.3 Å². The Morgan fingerprint density at radius 3 is 2.29 bits per heavy atom. The molecule has 0 spiro atoms. The highest BCUT2D eigenvalue weighted by molar-refractivity contribution is 6.03. The summed E-state index contributed by atoms with van der Waals surface area (Å²) in [5.74, 6) is -1.03. The molecule has 5 heteroatoms. The molecule has 2 aromatic rings. The van der Waals surface area contributed by atoms with Crippen LogP contribution in [0.5, 0.6) is 0 Å². The molecule has 2 N–H and O–H groups in total. The maximum Gasteiger partial charge on any atom is 0.228 e. The summed E-state index contributed by atoms with van der Waals surface area (Å²) in [4.78, 5) is 24.5. The van der Waals surface area contributed by atoms with Gasteiger partial charge in [-0.05, 0) is 37.6 Å². The van der Waals surface area contributed by atoms with Gasteiger partial charge in [-0.2, -0.15) is 5.26 Å². The molecule has 2 aromatic carbocycles. The number of hydrogen-bond donors (Lipinski definition) is 2. The Hall–Kier alpha value is -3.13. The van der Waals surface area contributed by atoms with E-state index in [2.05, 4.69) is 10.6 Å². The van der Waals surface area contributed by atoms with Crippen LogP contribution in [0.25, 0.3) is 0 Å². The molecule has 3 rings (SSSR count). The lowest BCUT2D eigenvalue weighted by molar-refractivity contribution is -0.122. The van der Waals surface area contributed by atoms with Crippen LogP contribution in [0.15, 0.2) is 48.5 Å². The summed E-state index contributed by atoms with van der Waals surface area (Å²) in [6.07, 6.45) is 0.526. The molecule has 2 unspecified atom stereocenters. The average Bonchev–Trinajstić information content (AvgIpc) is 3.38. The van der Waals surface area contributed by atoms with Crippen LogP contribution in [0.4, 0.5) is 11.4 Å². The van der Waals surface area contributed by atoms with E-state index in [0.29, 0.717) is 17.7 Å². The molecule has 0 bridgehead atoms. The van der Waals surface area contributed by atoms with E-state index in [9.17, 15) is 9.59 Å². The third-order valence-electron chi connectivity index (χ3n) is 4.09. The van der Waals surface area contributed by atoms with Crippen LogP contribution in [-0.2, 0) is 9.59 Å². The predicted molar refractivity (Wildman–Crippen MR) is 91.2 cm³/mol. The number of aryl methyl sites for hydroxylation is 1. The van der Waals surface area contributed by atoms with Gasteiger partial charge in [0, 0.05) is 5.69 Å². The lowest BCUT2D eigenvalue weighted by Gasteiger charge is -2.07. The molecule has 1 aliphatic carbocycles. The first-order valence-corrected chi connectivity index (χ1v) is 7.76. The average molecular weight is 319 g/mol. The second-order valence-corrected chi connectivity index (χ2v) is 5.95. The number of carbonyl (C=O) groups excluding carboxylic acids is 2. The Morgan fingerprint density at radius 2 is 1.62 bits per heavy atom. The molecule has 0 aromatic heterocycles.